The van der Waals surface area contributed by atoms with Gasteiger partial charge in [-0.1, -0.05) is 30.3 Å². The van der Waals surface area contributed by atoms with Crippen LogP contribution in [0.4, 0.5) is 0 Å². The van der Waals surface area contributed by atoms with E-state index in [0.29, 0.717) is 35.5 Å². The standard InChI is InChI=1S/C24H23BrN2O4/c1-15-12-19(25)21(30-14-16-6-4-3-5-7-16)13-20(15)31-24-18(10-11-22(28)29)23(17-8-9-17)26-27(24)2/h3-7,10-13,17H,8-9,14H2,1-2H3,(H,28,29). The molecule has 0 unspecified atom stereocenters. The molecular formula is C24H23BrN2O4. The smallest absolute Gasteiger partial charge is 0.328 e. The summed E-state index contributed by atoms with van der Waals surface area (Å²) in [6, 6.07) is 13.7. The molecule has 1 heterocycles. The second kappa shape index (κ2) is 8.98. The molecule has 0 saturated heterocycles. The normalized spacial score (nSPS) is 13.5. The Morgan fingerprint density at radius 3 is 2.68 bits per heavy atom. The van der Waals surface area contributed by atoms with Crippen molar-refractivity contribution in [3.05, 3.63) is 75.4 Å². The molecule has 7 heteroatoms. The van der Waals surface area contributed by atoms with Gasteiger partial charge in [-0.25, -0.2) is 9.48 Å². The van der Waals surface area contributed by atoms with Crippen LogP contribution in [0.25, 0.3) is 6.08 Å². The maximum Gasteiger partial charge on any atom is 0.328 e. The summed E-state index contributed by atoms with van der Waals surface area (Å²) in [6.45, 7) is 2.39. The van der Waals surface area contributed by atoms with Crippen molar-refractivity contribution in [2.45, 2.75) is 32.3 Å². The fourth-order valence-electron chi connectivity index (χ4n) is 3.33. The molecule has 0 spiro atoms. The fourth-order valence-corrected chi connectivity index (χ4v) is 3.90. The molecule has 0 aliphatic heterocycles. The fraction of sp³-hybridized carbons (Fsp3) is 0.250. The molecule has 1 aliphatic rings. The van der Waals surface area contributed by atoms with Crippen molar-refractivity contribution in [3.63, 3.8) is 0 Å². The molecule has 1 aromatic heterocycles. The second-order valence-corrected chi connectivity index (χ2v) is 8.45. The minimum absolute atomic E-state index is 0.354. The Morgan fingerprint density at radius 2 is 2.00 bits per heavy atom. The van der Waals surface area contributed by atoms with Gasteiger partial charge >= 0.3 is 5.97 Å². The van der Waals surface area contributed by atoms with Gasteiger partial charge in [0.05, 0.1) is 15.7 Å². The lowest BCUT2D eigenvalue weighted by Crippen LogP contribution is -2.00. The first-order valence-corrected chi connectivity index (χ1v) is 10.8. The van der Waals surface area contributed by atoms with Crippen molar-refractivity contribution < 1.29 is 19.4 Å². The lowest BCUT2D eigenvalue weighted by molar-refractivity contribution is -0.131. The number of carbonyl (C=O) groups is 1. The summed E-state index contributed by atoms with van der Waals surface area (Å²) >= 11 is 3.57. The quantitative estimate of drug-likeness (QED) is 0.408. The van der Waals surface area contributed by atoms with Gasteiger partial charge in [0.15, 0.2) is 0 Å². The molecule has 4 rings (SSSR count). The summed E-state index contributed by atoms with van der Waals surface area (Å²) in [5, 5.41) is 13.7. The van der Waals surface area contributed by atoms with Crippen LogP contribution >= 0.6 is 15.9 Å². The molecule has 1 aliphatic carbocycles. The summed E-state index contributed by atoms with van der Waals surface area (Å²) in [5.74, 6) is 1.15. The first kappa shape index (κ1) is 21.2. The van der Waals surface area contributed by atoms with Crippen LogP contribution in [0.5, 0.6) is 17.4 Å². The molecule has 0 bridgehead atoms. The van der Waals surface area contributed by atoms with Crippen molar-refractivity contribution in [2.75, 3.05) is 0 Å². The van der Waals surface area contributed by atoms with E-state index in [1.807, 2.05) is 49.4 Å². The van der Waals surface area contributed by atoms with Crippen molar-refractivity contribution in [1.82, 2.24) is 9.78 Å². The van der Waals surface area contributed by atoms with Crippen molar-refractivity contribution in [1.29, 1.82) is 0 Å². The monoisotopic (exact) mass is 482 g/mol. The minimum atomic E-state index is -1.01. The van der Waals surface area contributed by atoms with Gasteiger partial charge in [-0.3, -0.25) is 0 Å². The molecule has 6 nitrogen and oxygen atoms in total. The van der Waals surface area contributed by atoms with Crippen molar-refractivity contribution in [2.24, 2.45) is 7.05 Å². The van der Waals surface area contributed by atoms with E-state index in [-0.39, 0.29) is 0 Å². The highest BCUT2D eigenvalue weighted by Crippen LogP contribution is 2.45. The van der Waals surface area contributed by atoms with Crippen LogP contribution in [0.3, 0.4) is 0 Å². The largest absolute Gasteiger partial charge is 0.488 e. The zero-order valence-corrected chi connectivity index (χ0v) is 18.9. The van der Waals surface area contributed by atoms with Crippen LogP contribution < -0.4 is 9.47 Å². The van der Waals surface area contributed by atoms with Crippen LogP contribution in [-0.2, 0) is 18.4 Å². The maximum atomic E-state index is 11.1. The van der Waals surface area contributed by atoms with Crippen molar-refractivity contribution >= 4 is 28.0 Å². The number of aliphatic carboxylic acids is 1. The van der Waals surface area contributed by atoms with Gasteiger partial charge in [0.25, 0.3) is 0 Å². The molecule has 160 valence electrons. The Kier molecular flexibility index (Phi) is 6.13. The molecule has 2 aromatic carbocycles. The Labute approximate surface area is 189 Å². The lowest BCUT2D eigenvalue weighted by atomic mass is 10.1. The summed E-state index contributed by atoms with van der Waals surface area (Å²) in [7, 11) is 1.81. The van der Waals surface area contributed by atoms with E-state index in [2.05, 4.69) is 21.0 Å². The molecular weight excluding hydrogens is 460 g/mol. The van der Waals surface area contributed by atoms with E-state index >= 15 is 0 Å². The average Bonchev–Trinajstić information content (AvgIpc) is 3.53. The van der Waals surface area contributed by atoms with E-state index < -0.39 is 5.97 Å². The van der Waals surface area contributed by atoms with Crippen LogP contribution in [0.15, 0.2) is 53.0 Å². The Morgan fingerprint density at radius 1 is 1.26 bits per heavy atom. The van der Waals surface area contributed by atoms with Gasteiger partial charge < -0.3 is 14.6 Å². The van der Waals surface area contributed by atoms with E-state index in [0.717, 1.165) is 40.2 Å². The number of hydrogen-bond acceptors (Lipinski definition) is 4. The van der Waals surface area contributed by atoms with Crippen molar-refractivity contribution in [3.8, 4) is 17.4 Å². The van der Waals surface area contributed by atoms with Gasteiger partial charge in [-0.15, -0.1) is 0 Å². The number of rotatable bonds is 8. The second-order valence-electron chi connectivity index (χ2n) is 7.60. The summed E-state index contributed by atoms with van der Waals surface area (Å²) in [5.41, 5.74) is 3.58. The number of nitrogens with zero attached hydrogens (tertiary/aromatic N) is 2. The molecule has 0 amide bonds. The minimum Gasteiger partial charge on any atom is -0.488 e. The number of halogens is 1. The SMILES string of the molecule is Cc1cc(Br)c(OCc2ccccc2)cc1Oc1c(C=CC(=O)O)c(C2CC2)nn1C. The predicted molar refractivity (Wildman–Crippen MR) is 122 cm³/mol. The summed E-state index contributed by atoms with van der Waals surface area (Å²) < 4.78 is 14.8. The van der Waals surface area contributed by atoms with Gasteiger partial charge in [-0.05, 0) is 59.0 Å². The number of hydrogen-bond donors (Lipinski definition) is 1. The predicted octanol–water partition coefficient (Wildman–Crippen LogP) is 5.84. The van der Waals surface area contributed by atoms with Gasteiger partial charge in [0.2, 0.25) is 5.88 Å². The average molecular weight is 483 g/mol. The molecule has 31 heavy (non-hydrogen) atoms. The van der Waals surface area contributed by atoms with Crippen LogP contribution in [0, 0.1) is 6.92 Å². The topological polar surface area (TPSA) is 73.6 Å². The number of benzene rings is 2. The lowest BCUT2D eigenvalue weighted by Gasteiger charge is -2.14. The molecule has 3 aromatic rings. The van der Waals surface area contributed by atoms with Crippen LogP contribution in [-0.4, -0.2) is 20.9 Å². The van der Waals surface area contributed by atoms with Gasteiger partial charge in [0.1, 0.15) is 18.1 Å². The highest BCUT2D eigenvalue weighted by Gasteiger charge is 2.31. The molecule has 0 radical (unpaired) electrons. The first-order chi connectivity index (χ1) is 14.9. The zero-order valence-electron chi connectivity index (χ0n) is 17.3. The third-order valence-corrected chi connectivity index (χ3v) is 5.71. The number of aryl methyl sites for hydroxylation is 2. The van der Waals surface area contributed by atoms with E-state index in [1.165, 1.54) is 0 Å². The van der Waals surface area contributed by atoms with Crippen LogP contribution in [0.1, 0.15) is 41.1 Å². The first-order valence-electron chi connectivity index (χ1n) is 10.0. The third-order valence-electron chi connectivity index (χ3n) is 5.09. The van der Waals surface area contributed by atoms with E-state index in [4.69, 9.17) is 14.6 Å². The number of aromatic nitrogens is 2. The number of carboxylic acid groups (broad SMARTS) is 1. The Bertz CT molecular complexity index is 1130. The number of ether oxygens (including phenoxy) is 2. The summed E-state index contributed by atoms with van der Waals surface area (Å²) in [4.78, 5) is 11.1. The molecule has 1 N–H and O–H groups in total. The molecule has 0 atom stereocenters. The highest BCUT2D eigenvalue weighted by molar-refractivity contribution is 9.10. The Hall–Kier alpha value is -3.06. The van der Waals surface area contributed by atoms with Gasteiger partial charge in [-0.2, -0.15) is 5.10 Å². The third kappa shape index (κ3) is 4.99. The van der Waals surface area contributed by atoms with Gasteiger partial charge in [0, 0.05) is 25.1 Å². The zero-order chi connectivity index (χ0) is 22.0. The van der Waals surface area contributed by atoms with E-state index in [1.54, 1.807) is 17.8 Å². The highest BCUT2D eigenvalue weighted by atomic mass is 79.9. The molecule has 1 saturated carbocycles. The number of carboxylic acids is 1. The van der Waals surface area contributed by atoms with Crippen LogP contribution in [0.2, 0.25) is 0 Å². The summed E-state index contributed by atoms with van der Waals surface area (Å²) in [6.07, 6.45) is 4.80. The maximum absolute atomic E-state index is 11.1. The van der Waals surface area contributed by atoms with E-state index in [9.17, 15) is 4.79 Å². The Balaban J connectivity index is 1.64. The molecule has 1 fully saturated rings.